The maximum absolute atomic E-state index is 12.2. The summed E-state index contributed by atoms with van der Waals surface area (Å²) in [6.45, 7) is 0. The molecule has 2 atom stereocenters. The Morgan fingerprint density at radius 1 is 1.05 bits per heavy atom. The van der Waals surface area contributed by atoms with Gasteiger partial charge in [-0.2, -0.15) is 0 Å². The Labute approximate surface area is 125 Å². The number of carbonyl (C=O) groups is 3. The van der Waals surface area contributed by atoms with Crippen LogP contribution in [0.5, 0.6) is 5.75 Å². The van der Waals surface area contributed by atoms with Gasteiger partial charge in [0.05, 0.1) is 11.8 Å². The van der Waals surface area contributed by atoms with Gasteiger partial charge in [-0.15, -0.1) is 0 Å². The SMILES string of the molecule is O=C(O)c1cc(NC(=O)[C@H]2CC=CC[C@H]2C(=O)O)ccc1O. The minimum Gasteiger partial charge on any atom is -0.507 e. The molecule has 0 aromatic heterocycles. The zero-order chi connectivity index (χ0) is 16.3. The van der Waals surface area contributed by atoms with Gasteiger partial charge in [0.2, 0.25) is 5.91 Å². The molecule has 0 spiro atoms. The minimum atomic E-state index is -1.32. The Morgan fingerprint density at radius 3 is 2.27 bits per heavy atom. The molecule has 0 saturated carbocycles. The molecule has 7 heteroatoms. The third-order valence-electron chi connectivity index (χ3n) is 3.58. The Kier molecular flexibility index (Phi) is 4.45. The number of aliphatic carboxylic acids is 1. The zero-order valence-corrected chi connectivity index (χ0v) is 11.5. The second-order valence-electron chi connectivity index (χ2n) is 5.02. The maximum Gasteiger partial charge on any atom is 0.339 e. The monoisotopic (exact) mass is 305 g/mol. The van der Waals surface area contributed by atoms with Crippen LogP contribution in [-0.4, -0.2) is 33.2 Å². The fourth-order valence-corrected chi connectivity index (χ4v) is 2.40. The number of carbonyl (C=O) groups excluding carboxylic acids is 1. The van der Waals surface area contributed by atoms with E-state index in [1.165, 1.54) is 6.07 Å². The molecule has 2 rings (SSSR count). The minimum absolute atomic E-state index is 0.193. The molecule has 1 amide bonds. The number of phenols is 1. The lowest BCUT2D eigenvalue weighted by molar-refractivity contribution is -0.146. The lowest BCUT2D eigenvalue weighted by Crippen LogP contribution is -2.34. The number of benzene rings is 1. The van der Waals surface area contributed by atoms with Crippen molar-refractivity contribution in [3.63, 3.8) is 0 Å². The smallest absolute Gasteiger partial charge is 0.339 e. The van der Waals surface area contributed by atoms with Crippen molar-refractivity contribution >= 4 is 23.5 Å². The lowest BCUT2D eigenvalue weighted by Gasteiger charge is -2.24. The molecule has 0 aliphatic heterocycles. The van der Waals surface area contributed by atoms with Gasteiger partial charge in [0.15, 0.2) is 0 Å². The van der Waals surface area contributed by atoms with E-state index in [1.54, 1.807) is 12.2 Å². The van der Waals surface area contributed by atoms with E-state index in [9.17, 15) is 19.5 Å². The highest BCUT2D eigenvalue weighted by Crippen LogP contribution is 2.28. The summed E-state index contributed by atoms with van der Waals surface area (Å²) in [5, 5.41) is 30.0. The van der Waals surface area contributed by atoms with Crippen LogP contribution in [0.3, 0.4) is 0 Å². The molecule has 1 aliphatic rings. The average molecular weight is 305 g/mol. The molecule has 7 nitrogen and oxygen atoms in total. The first-order valence-corrected chi connectivity index (χ1v) is 6.65. The highest BCUT2D eigenvalue weighted by molar-refractivity contribution is 5.97. The first-order chi connectivity index (χ1) is 10.4. The summed E-state index contributed by atoms with van der Waals surface area (Å²) in [5.41, 5.74) is -0.144. The lowest BCUT2D eigenvalue weighted by atomic mass is 9.82. The number of amides is 1. The van der Waals surface area contributed by atoms with Crippen LogP contribution in [-0.2, 0) is 9.59 Å². The van der Waals surface area contributed by atoms with Crippen molar-refractivity contribution in [2.45, 2.75) is 12.8 Å². The van der Waals surface area contributed by atoms with Gasteiger partial charge in [0.25, 0.3) is 0 Å². The van der Waals surface area contributed by atoms with Crippen LogP contribution in [0.15, 0.2) is 30.4 Å². The standard InChI is InChI=1S/C15H15NO6/c17-12-6-5-8(7-11(12)15(21)22)16-13(18)9-3-1-2-4-10(9)14(19)20/h1-2,5-7,9-10,17H,3-4H2,(H,16,18)(H,19,20)(H,21,22)/t9-,10+/m0/s1. The molecule has 1 aromatic carbocycles. The van der Waals surface area contributed by atoms with Crippen molar-refractivity contribution < 1.29 is 29.7 Å². The number of hydrogen-bond acceptors (Lipinski definition) is 4. The Balaban J connectivity index is 2.18. The van der Waals surface area contributed by atoms with Gasteiger partial charge >= 0.3 is 11.9 Å². The molecule has 0 radical (unpaired) electrons. The number of carboxylic acids is 2. The second kappa shape index (κ2) is 6.30. The summed E-state index contributed by atoms with van der Waals surface area (Å²) in [6, 6.07) is 3.65. The summed E-state index contributed by atoms with van der Waals surface area (Å²) >= 11 is 0. The number of aromatic hydroxyl groups is 1. The highest BCUT2D eigenvalue weighted by Gasteiger charge is 2.34. The molecular formula is C15H15NO6. The number of carboxylic acid groups (broad SMARTS) is 2. The highest BCUT2D eigenvalue weighted by atomic mass is 16.4. The topological polar surface area (TPSA) is 124 Å². The Hall–Kier alpha value is -2.83. The molecule has 0 unspecified atom stereocenters. The van der Waals surface area contributed by atoms with E-state index < -0.39 is 35.4 Å². The fourth-order valence-electron chi connectivity index (χ4n) is 2.40. The summed E-state index contributed by atoms with van der Waals surface area (Å²) in [4.78, 5) is 34.4. The van der Waals surface area contributed by atoms with Crippen LogP contribution in [0.2, 0.25) is 0 Å². The van der Waals surface area contributed by atoms with E-state index >= 15 is 0 Å². The number of aromatic carboxylic acids is 1. The molecular weight excluding hydrogens is 290 g/mol. The molecule has 22 heavy (non-hydrogen) atoms. The van der Waals surface area contributed by atoms with Crippen LogP contribution in [0.1, 0.15) is 23.2 Å². The van der Waals surface area contributed by atoms with Gasteiger partial charge in [0.1, 0.15) is 11.3 Å². The van der Waals surface area contributed by atoms with Crippen LogP contribution < -0.4 is 5.32 Å². The van der Waals surface area contributed by atoms with E-state index in [0.717, 1.165) is 12.1 Å². The summed E-state index contributed by atoms with van der Waals surface area (Å²) in [5.74, 6) is -4.78. The number of hydrogen-bond donors (Lipinski definition) is 4. The van der Waals surface area contributed by atoms with Gasteiger partial charge in [-0.3, -0.25) is 9.59 Å². The van der Waals surface area contributed by atoms with Crippen LogP contribution in [0.4, 0.5) is 5.69 Å². The maximum atomic E-state index is 12.2. The third kappa shape index (κ3) is 3.25. The van der Waals surface area contributed by atoms with Crippen molar-refractivity contribution in [2.24, 2.45) is 11.8 Å². The quantitative estimate of drug-likeness (QED) is 0.496. The van der Waals surface area contributed by atoms with Crippen LogP contribution in [0, 0.1) is 11.8 Å². The van der Waals surface area contributed by atoms with Crippen molar-refractivity contribution in [2.75, 3.05) is 5.32 Å². The van der Waals surface area contributed by atoms with Crippen molar-refractivity contribution in [1.29, 1.82) is 0 Å². The zero-order valence-electron chi connectivity index (χ0n) is 11.5. The molecule has 0 saturated heterocycles. The second-order valence-corrected chi connectivity index (χ2v) is 5.02. The fraction of sp³-hybridized carbons (Fsp3) is 0.267. The third-order valence-corrected chi connectivity index (χ3v) is 3.58. The van der Waals surface area contributed by atoms with Gasteiger partial charge in [-0.1, -0.05) is 12.2 Å². The molecule has 0 heterocycles. The van der Waals surface area contributed by atoms with Crippen molar-refractivity contribution in [1.82, 2.24) is 0 Å². The first-order valence-electron chi connectivity index (χ1n) is 6.65. The van der Waals surface area contributed by atoms with Crippen molar-refractivity contribution in [3.8, 4) is 5.75 Å². The molecule has 116 valence electrons. The van der Waals surface area contributed by atoms with Gasteiger partial charge < -0.3 is 20.6 Å². The molecule has 4 N–H and O–H groups in total. The number of nitrogens with one attached hydrogen (secondary N) is 1. The largest absolute Gasteiger partial charge is 0.507 e. The number of allylic oxidation sites excluding steroid dienone is 2. The van der Waals surface area contributed by atoms with Crippen LogP contribution >= 0.6 is 0 Å². The Morgan fingerprint density at radius 2 is 1.68 bits per heavy atom. The predicted octanol–water partition coefficient (Wildman–Crippen LogP) is 1.70. The van der Waals surface area contributed by atoms with E-state index in [0.29, 0.717) is 6.42 Å². The Bertz CT molecular complexity index is 651. The molecule has 1 aliphatic carbocycles. The molecule has 0 bridgehead atoms. The van der Waals surface area contributed by atoms with E-state index in [1.807, 2.05) is 0 Å². The number of rotatable bonds is 4. The molecule has 1 aromatic rings. The summed E-state index contributed by atoms with van der Waals surface area (Å²) in [7, 11) is 0. The van der Waals surface area contributed by atoms with Crippen LogP contribution in [0.25, 0.3) is 0 Å². The first kappa shape index (κ1) is 15.6. The summed E-state index contributed by atoms with van der Waals surface area (Å²) in [6.07, 6.45) is 4.07. The van der Waals surface area contributed by atoms with Gasteiger partial charge in [-0.05, 0) is 31.0 Å². The predicted molar refractivity (Wildman–Crippen MR) is 76.7 cm³/mol. The van der Waals surface area contributed by atoms with E-state index in [2.05, 4.69) is 5.32 Å². The van der Waals surface area contributed by atoms with Gasteiger partial charge in [0, 0.05) is 5.69 Å². The molecule has 0 fully saturated rings. The van der Waals surface area contributed by atoms with Gasteiger partial charge in [-0.25, -0.2) is 4.79 Å². The summed E-state index contributed by atoms with van der Waals surface area (Å²) < 4.78 is 0. The average Bonchev–Trinajstić information content (AvgIpc) is 2.48. The van der Waals surface area contributed by atoms with Crippen molar-refractivity contribution in [3.05, 3.63) is 35.9 Å². The number of anilines is 1. The normalized spacial score (nSPS) is 20.4. The van der Waals surface area contributed by atoms with E-state index in [-0.39, 0.29) is 17.7 Å². The van der Waals surface area contributed by atoms with E-state index in [4.69, 9.17) is 10.2 Å².